The van der Waals surface area contributed by atoms with Crippen LogP contribution < -0.4 is 5.43 Å². The number of aryl methyl sites for hydroxylation is 2. The molecule has 0 aliphatic rings. The Kier molecular flexibility index (Phi) is 4.22. The Hall–Kier alpha value is -1.79. The normalized spacial score (nSPS) is 11.9. The molecule has 1 N–H and O–H groups in total. The fourth-order valence-corrected chi connectivity index (χ4v) is 3.42. The maximum Gasteiger partial charge on any atom is 0.158 e. The van der Waals surface area contributed by atoms with E-state index in [0.29, 0.717) is 0 Å². The molecule has 0 saturated heterocycles. The van der Waals surface area contributed by atoms with Crippen LogP contribution >= 0.6 is 27.3 Å². The summed E-state index contributed by atoms with van der Waals surface area (Å²) in [6.07, 6.45) is 1.57. The fourth-order valence-electron chi connectivity index (χ4n) is 2.16. The van der Waals surface area contributed by atoms with Crippen LogP contribution in [0.2, 0.25) is 0 Å². The number of thiophene rings is 1. The standard InChI is InChI=1S/C16H15BrN4S/c1-9-11(3)22-16-14(9)15(18-8-19-16)21-20-10(2)12-4-6-13(17)7-5-12/h4-8H,1-3H3,(H,18,19,21)/b20-10-. The summed E-state index contributed by atoms with van der Waals surface area (Å²) in [6.45, 7) is 6.16. The molecule has 2 heterocycles. The summed E-state index contributed by atoms with van der Waals surface area (Å²) in [4.78, 5) is 10.9. The molecule has 0 bridgehead atoms. The molecule has 0 radical (unpaired) electrons. The van der Waals surface area contributed by atoms with Crippen molar-refractivity contribution in [1.29, 1.82) is 0 Å². The van der Waals surface area contributed by atoms with Gasteiger partial charge in [-0.1, -0.05) is 28.1 Å². The molecular formula is C16H15BrN4S. The lowest BCUT2D eigenvalue weighted by Gasteiger charge is -2.05. The summed E-state index contributed by atoms with van der Waals surface area (Å²) in [5, 5.41) is 5.51. The molecule has 0 fully saturated rings. The predicted molar refractivity (Wildman–Crippen MR) is 96.9 cm³/mol. The zero-order valence-corrected chi connectivity index (χ0v) is 14.9. The van der Waals surface area contributed by atoms with Gasteiger partial charge in [0.15, 0.2) is 5.82 Å². The molecule has 0 unspecified atom stereocenters. The Labute approximate surface area is 141 Å². The van der Waals surface area contributed by atoms with E-state index in [2.05, 4.69) is 50.3 Å². The smallest absolute Gasteiger partial charge is 0.158 e. The molecular weight excluding hydrogens is 360 g/mol. The maximum absolute atomic E-state index is 4.46. The maximum atomic E-state index is 4.46. The van der Waals surface area contributed by atoms with E-state index in [-0.39, 0.29) is 0 Å². The van der Waals surface area contributed by atoms with Gasteiger partial charge in [0.2, 0.25) is 0 Å². The molecule has 0 aliphatic carbocycles. The van der Waals surface area contributed by atoms with Crippen LogP contribution in [-0.4, -0.2) is 15.7 Å². The second-order valence-electron chi connectivity index (χ2n) is 5.00. The number of anilines is 1. The minimum Gasteiger partial charge on any atom is -0.260 e. The van der Waals surface area contributed by atoms with Gasteiger partial charge in [0.05, 0.1) is 11.1 Å². The molecule has 0 aliphatic heterocycles. The van der Waals surface area contributed by atoms with Crippen molar-refractivity contribution < 1.29 is 0 Å². The Morgan fingerprint density at radius 2 is 1.91 bits per heavy atom. The van der Waals surface area contributed by atoms with Gasteiger partial charge in [-0.2, -0.15) is 5.10 Å². The number of aromatic nitrogens is 2. The first kappa shape index (κ1) is 15.1. The Morgan fingerprint density at radius 1 is 1.18 bits per heavy atom. The van der Waals surface area contributed by atoms with Crippen LogP contribution in [0.5, 0.6) is 0 Å². The second kappa shape index (κ2) is 6.14. The van der Waals surface area contributed by atoms with Crippen molar-refractivity contribution in [3.8, 4) is 0 Å². The monoisotopic (exact) mass is 374 g/mol. The van der Waals surface area contributed by atoms with E-state index >= 15 is 0 Å². The molecule has 112 valence electrons. The number of nitrogens with one attached hydrogen (secondary N) is 1. The van der Waals surface area contributed by atoms with Gasteiger partial charge in [0.25, 0.3) is 0 Å². The van der Waals surface area contributed by atoms with Gasteiger partial charge in [0, 0.05) is 9.35 Å². The minimum atomic E-state index is 0.753. The number of nitrogens with zero attached hydrogens (tertiary/aromatic N) is 3. The molecule has 3 aromatic rings. The van der Waals surface area contributed by atoms with E-state index < -0.39 is 0 Å². The van der Waals surface area contributed by atoms with Crippen molar-refractivity contribution in [2.75, 3.05) is 5.43 Å². The molecule has 6 heteroatoms. The van der Waals surface area contributed by atoms with Gasteiger partial charge in [-0.05, 0) is 44.0 Å². The van der Waals surface area contributed by atoms with E-state index in [9.17, 15) is 0 Å². The zero-order chi connectivity index (χ0) is 15.7. The van der Waals surface area contributed by atoms with Crippen LogP contribution in [0.3, 0.4) is 0 Å². The summed E-state index contributed by atoms with van der Waals surface area (Å²) in [6, 6.07) is 8.06. The number of halogens is 1. The van der Waals surface area contributed by atoms with Crippen molar-refractivity contribution >= 4 is 49.0 Å². The third-order valence-corrected chi connectivity index (χ3v) is 5.20. The number of rotatable bonds is 3. The Balaban J connectivity index is 1.93. The largest absolute Gasteiger partial charge is 0.260 e. The average Bonchev–Trinajstić information content (AvgIpc) is 2.81. The van der Waals surface area contributed by atoms with Gasteiger partial charge in [-0.25, -0.2) is 9.97 Å². The summed E-state index contributed by atoms with van der Waals surface area (Å²) in [7, 11) is 0. The first-order chi connectivity index (χ1) is 10.6. The van der Waals surface area contributed by atoms with E-state index in [1.807, 2.05) is 31.2 Å². The molecule has 1 aromatic carbocycles. The highest BCUT2D eigenvalue weighted by Crippen LogP contribution is 2.32. The van der Waals surface area contributed by atoms with E-state index in [4.69, 9.17) is 0 Å². The molecule has 0 saturated carbocycles. The molecule has 22 heavy (non-hydrogen) atoms. The fraction of sp³-hybridized carbons (Fsp3) is 0.188. The van der Waals surface area contributed by atoms with Crippen molar-refractivity contribution in [2.45, 2.75) is 20.8 Å². The summed E-state index contributed by atoms with van der Waals surface area (Å²) < 4.78 is 1.05. The van der Waals surface area contributed by atoms with E-state index in [1.54, 1.807) is 17.7 Å². The lowest BCUT2D eigenvalue weighted by Crippen LogP contribution is -2.01. The van der Waals surface area contributed by atoms with Gasteiger partial charge in [0.1, 0.15) is 11.2 Å². The molecule has 2 aromatic heterocycles. The highest BCUT2D eigenvalue weighted by atomic mass is 79.9. The lowest BCUT2D eigenvalue weighted by molar-refractivity contribution is 1.18. The summed E-state index contributed by atoms with van der Waals surface area (Å²) in [5.41, 5.74) is 6.27. The summed E-state index contributed by atoms with van der Waals surface area (Å²) >= 11 is 5.12. The predicted octanol–water partition coefficient (Wildman–Crippen LogP) is 4.91. The van der Waals surface area contributed by atoms with Crippen LogP contribution in [0.1, 0.15) is 22.9 Å². The van der Waals surface area contributed by atoms with Gasteiger partial charge >= 0.3 is 0 Å². The number of hydrogen-bond donors (Lipinski definition) is 1. The molecule has 4 nitrogen and oxygen atoms in total. The first-order valence-corrected chi connectivity index (χ1v) is 8.44. The summed E-state index contributed by atoms with van der Waals surface area (Å²) in [5.74, 6) is 0.753. The zero-order valence-electron chi connectivity index (χ0n) is 12.5. The van der Waals surface area contributed by atoms with E-state index in [1.165, 1.54) is 10.4 Å². The van der Waals surface area contributed by atoms with Gasteiger partial charge in [-0.15, -0.1) is 11.3 Å². The van der Waals surface area contributed by atoms with Crippen molar-refractivity contribution in [3.63, 3.8) is 0 Å². The van der Waals surface area contributed by atoms with Crippen LogP contribution in [-0.2, 0) is 0 Å². The third-order valence-electron chi connectivity index (χ3n) is 3.56. The second-order valence-corrected chi connectivity index (χ2v) is 7.12. The molecule has 0 spiro atoms. The number of hydrogen-bond acceptors (Lipinski definition) is 5. The third kappa shape index (κ3) is 2.89. The number of benzene rings is 1. The van der Waals surface area contributed by atoms with Crippen LogP contribution in [0.25, 0.3) is 10.2 Å². The van der Waals surface area contributed by atoms with Crippen molar-refractivity contribution in [3.05, 3.63) is 51.1 Å². The molecule has 3 rings (SSSR count). The Morgan fingerprint density at radius 3 is 2.64 bits per heavy atom. The van der Waals surface area contributed by atoms with Gasteiger partial charge < -0.3 is 0 Å². The number of fused-ring (bicyclic) bond motifs is 1. The average molecular weight is 375 g/mol. The quantitative estimate of drug-likeness (QED) is 0.523. The number of hydrazone groups is 1. The highest BCUT2D eigenvalue weighted by molar-refractivity contribution is 9.10. The Bertz CT molecular complexity index is 852. The van der Waals surface area contributed by atoms with Crippen LogP contribution in [0.4, 0.5) is 5.82 Å². The minimum absolute atomic E-state index is 0.753. The topological polar surface area (TPSA) is 50.2 Å². The highest BCUT2D eigenvalue weighted by Gasteiger charge is 2.11. The molecule has 0 atom stereocenters. The van der Waals surface area contributed by atoms with Crippen LogP contribution in [0.15, 0.2) is 40.2 Å². The van der Waals surface area contributed by atoms with Crippen LogP contribution in [0, 0.1) is 13.8 Å². The molecule has 0 amide bonds. The van der Waals surface area contributed by atoms with Crippen molar-refractivity contribution in [2.24, 2.45) is 5.10 Å². The first-order valence-electron chi connectivity index (χ1n) is 6.83. The lowest BCUT2D eigenvalue weighted by atomic mass is 10.1. The van der Waals surface area contributed by atoms with Crippen molar-refractivity contribution in [1.82, 2.24) is 9.97 Å². The van der Waals surface area contributed by atoms with E-state index in [0.717, 1.165) is 31.8 Å². The van der Waals surface area contributed by atoms with Gasteiger partial charge in [-0.3, -0.25) is 5.43 Å². The SMILES string of the molecule is C/C(=N/Nc1ncnc2sc(C)c(C)c12)c1ccc(Br)cc1.